The summed E-state index contributed by atoms with van der Waals surface area (Å²) in [6.07, 6.45) is 0. The van der Waals surface area contributed by atoms with Gasteiger partial charge in [-0.05, 0) is 50.2 Å². The topological polar surface area (TPSA) is 61.6 Å². The van der Waals surface area contributed by atoms with Gasteiger partial charge in [0.2, 0.25) is 11.8 Å². The molecule has 0 saturated heterocycles. The highest BCUT2D eigenvalue weighted by Crippen LogP contribution is 2.30. The number of methoxy groups -OCH3 is 2. The Morgan fingerprint density at radius 2 is 0.969 bits per heavy atom. The van der Waals surface area contributed by atoms with E-state index in [4.69, 9.17) is 28.9 Å². The van der Waals surface area contributed by atoms with Gasteiger partial charge in [-0.3, -0.25) is 0 Å². The van der Waals surface area contributed by atoms with Gasteiger partial charge in [-0.2, -0.15) is 0 Å². The molecule has 3 rings (SSSR count). The highest BCUT2D eigenvalue weighted by molar-refractivity contribution is 6.08. The van der Waals surface area contributed by atoms with Crippen LogP contribution in [0.15, 0.2) is 82.8 Å². The number of benzene rings is 3. The van der Waals surface area contributed by atoms with Gasteiger partial charge in [0, 0.05) is 11.1 Å². The van der Waals surface area contributed by atoms with Crippen molar-refractivity contribution in [1.29, 1.82) is 0 Å². The second kappa shape index (κ2) is 11.6. The van der Waals surface area contributed by atoms with Gasteiger partial charge < -0.3 is 18.9 Å². The second-order valence-electron chi connectivity index (χ2n) is 6.59. The summed E-state index contributed by atoms with van der Waals surface area (Å²) < 4.78 is 22.8. The Bertz CT molecular complexity index is 1010. The van der Waals surface area contributed by atoms with Crippen LogP contribution in [-0.4, -0.2) is 39.2 Å². The van der Waals surface area contributed by atoms with Crippen molar-refractivity contribution in [2.45, 2.75) is 13.8 Å². The molecule has 0 aliphatic heterocycles. The fourth-order valence-electron chi connectivity index (χ4n) is 3.13. The van der Waals surface area contributed by atoms with Crippen molar-refractivity contribution in [3.05, 3.63) is 83.9 Å². The minimum Gasteiger partial charge on any atom is -0.494 e. The van der Waals surface area contributed by atoms with E-state index >= 15 is 0 Å². The molecule has 0 fully saturated rings. The first-order chi connectivity index (χ1) is 15.7. The highest BCUT2D eigenvalue weighted by atomic mass is 16.5. The molecule has 0 aliphatic carbocycles. The van der Waals surface area contributed by atoms with Crippen LogP contribution in [0.5, 0.6) is 11.5 Å². The Morgan fingerprint density at radius 1 is 0.594 bits per heavy atom. The van der Waals surface area contributed by atoms with Gasteiger partial charge in [0.15, 0.2) is 0 Å². The molecule has 6 heteroatoms. The van der Waals surface area contributed by atoms with Crippen molar-refractivity contribution >= 4 is 23.2 Å². The molecular weight excluding hydrogens is 404 g/mol. The van der Waals surface area contributed by atoms with Gasteiger partial charge in [-0.25, -0.2) is 9.98 Å². The summed E-state index contributed by atoms with van der Waals surface area (Å²) in [6, 6.07) is 22.9. The van der Waals surface area contributed by atoms with Crippen molar-refractivity contribution in [3.8, 4) is 11.5 Å². The third kappa shape index (κ3) is 5.46. The number of para-hydroxylation sites is 4. The van der Waals surface area contributed by atoms with E-state index in [2.05, 4.69) is 0 Å². The first-order valence-corrected chi connectivity index (χ1v) is 10.5. The summed E-state index contributed by atoms with van der Waals surface area (Å²) in [5, 5.41) is 0. The lowest BCUT2D eigenvalue weighted by atomic mass is 10.1. The minimum absolute atomic E-state index is 0.454. The highest BCUT2D eigenvalue weighted by Gasteiger charge is 2.18. The fraction of sp³-hybridized carbons (Fsp3) is 0.231. The number of nitrogens with zero attached hydrogens (tertiary/aromatic N) is 2. The summed E-state index contributed by atoms with van der Waals surface area (Å²) in [5.74, 6) is 2.24. The Morgan fingerprint density at radius 3 is 1.34 bits per heavy atom. The molecule has 3 aromatic rings. The normalized spacial score (nSPS) is 11.8. The molecule has 0 unspecified atom stereocenters. The van der Waals surface area contributed by atoms with Crippen LogP contribution in [0.2, 0.25) is 0 Å². The molecule has 0 amide bonds. The molecule has 32 heavy (non-hydrogen) atoms. The quantitative estimate of drug-likeness (QED) is 0.327. The molecule has 0 heterocycles. The summed E-state index contributed by atoms with van der Waals surface area (Å²) in [5.41, 5.74) is 2.88. The van der Waals surface area contributed by atoms with Gasteiger partial charge in [0.1, 0.15) is 22.9 Å². The van der Waals surface area contributed by atoms with E-state index in [9.17, 15) is 0 Å². The second-order valence-corrected chi connectivity index (χ2v) is 6.59. The Kier molecular flexibility index (Phi) is 8.26. The van der Waals surface area contributed by atoms with Crippen molar-refractivity contribution in [2.24, 2.45) is 9.98 Å². The van der Waals surface area contributed by atoms with Crippen LogP contribution >= 0.6 is 0 Å². The Balaban J connectivity index is 2.16. The number of hydrogen-bond donors (Lipinski definition) is 0. The average Bonchev–Trinajstić information content (AvgIpc) is 2.84. The first-order valence-electron chi connectivity index (χ1n) is 10.5. The van der Waals surface area contributed by atoms with Crippen molar-refractivity contribution in [3.63, 3.8) is 0 Å². The van der Waals surface area contributed by atoms with Crippen LogP contribution in [0.4, 0.5) is 11.4 Å². The molecule has 0 bridgehead atoms. The predicted octanol–water partition coefficient (Wildman–Crippen LogP) is 5.93. The maximum Gasteiger partial charge on any atom is 0.222 e. The number of rotatable bonds is 8. The summed E-state index contributed by atoms with van der Waals surface area (Å²) in [7, 11) is 3.24. The molecule has 6 nitrogen and oxygen atoms in total. The molecule has 0 N–H and O–H groups in total. The van der Waals surface area contributed by atoms with Gasteiger partial charge in [-0.1, -0.05) is 36.4 Å². The summed E-state index contributed by atoms with van der Waals surface area (Å²) in [4.78, 5) is 9.53. The lowest BCUT2D eigenvalue weighted by molar-refractivity contribution is 0.323. The fourth-order valence-corrected chi connectivity index (χ4v) is 3.13. The smallest absolute Gasteiger partial charge is 0.222 e. The lowest BCUT2D eigenvalue weighted by Crippen LogP contribution is -2.15. The van der Waals surface area contributed by atoms with Crippen LogP contribution in [0.25, 0.3) is 0 Å². The van der Waals surface area contributed by atoms with Crippen LogP contribution in [0.3, 0.4) is 0 Å². The third-order valence-electron chi connectivity index (χ3n) is 4.56. The zero-order valence-corrected chi connectivity index (χ0v) is 18.9. The molecule has 166 valence electrons. The summed E-state index contributed by atoms with van der Waals surface area (Å²) in [6.45, 7) is 4.76. The maximum atomic E-state index is 5.95. The predicted molar refractivity (Wildman–Crippen MR) is 128 cm³/mol. The lowest BCUT2D eigenvalue weighted by Gasteiger charge is -2.15. The van der Waals surface area contributed by atoms with Gasteiger partial charge in [-0.15, -0.1) is 0 Å². The molecule has 0 radical (unpaired) electrons. The van der Waals surface area contributed by atoms with E-state index in [-0.39, 0.29) is 0 Å². The zero-order chi connectivity index (χ0) is 22.8. The largest absolute Gasteiger partial charge is 0.494 e. The number of ether oxygens (including phenoxy) is 4. The van der Waals surface area contributed by atoms with Gasteiger partial charge in [0.05, 0.1) is 27.4 Å². The standard InChI is InChI=1S/C26H28N2O4/c1-5-31-25(27-21-15-9-11-17-23(21)29-3)19-13-7-8-14-20(19)26(32-6-2)28-22-16-10-12-18-24(22)30-4/h7-18H,5-6H2,1-4H3/b27-25-,28-26-. The minimum atomic E-state index is 0.454. The van der Waals surface area contributed by atoms with E-state index in [0.717, 1.165) is 11.1 Å². The molecule has 0 atom stereocenters. The Labute approximate surface area is 189 Å². The SMILES string of the molecule is CCO/C(=N\c1ccccc1OC)c1ccccc1/C(=N/c1ccccc1OC)OCC. The van der Waals surface area contributed by atoms with Crippen molar-refractivity contribution in [2.75, 3.05) is 27.4 Å². The van der Waals surface area contributed by atoms with E-state index in [1.807, 2.05) is 86.6 Å². The molecule has 0 aromatic heterocycles. The molecule has 3 aromatic carbocycles. The van der Waals surface area contributed by atoms with Gasteiger partial charge in [0.25, 0.3) is 0 Å². The van der Waals surface area contributed by atoms with Crippen LogP contribution in [0, 0.1) is 0 Å². The van der Waals surface area contributed by atoms with Crippen LogP contribution in [0.1, 0.15) is 25.0 Å². The zero-order valence-electron chi connectivity index (χ0n) is 18.9. The summed E-state index contributed by atoms with van der Waals surface area (Å²) >= 11 is 0. The van der Waals surface area contributed by atoms with Crippen molar-refractivity contribution in [1.82, 2.24) is 0 Å². The van der Waals surface area contributed by atoms with E-state index in [1.165, 1.54) is 0 Å². The molecule has 0 spiro atoms. The third-order valence-corrected chi connectivity index (χ3v) is 4.56. The molecule has 0 aliphatic rings. The molecular formula is C26H28N2O4. The molecule has 0 saturated carbocycles. The van der Waals surface area contributed by atoms with Crippen molar-refractivity contribution < 1.29 is 18.9 Å². The van der Waals surface area contributed by atoms with Crippen LogP contribution in [-0.2, 0) is 9.47 Å². The van der Waals surface area contributed by atoms with E-state index < -0.39 is 0 Å². The number of hydrogen-bond acceptors (Lipinski definition) is 6. The first kappa shape index (κ1) is 22.9. The number of aliphatic imine (C=N–C) groups is 2. The van der Waals surface area contributed by atoms with E-state index in [0.29, 0.717) is 47.9 Å². The average molecular weight is 433 g/mol. The Hall–Kier alpha value is -3.80. The monoisotopic (exact) mass is 432 g/mol. The van der Waals surface area contributed by atoms with Crippen LogP contribution < -0.4 is 9.47 Å². The van der Waals surface area contributed by atoms with Gasteiger partial charge >= 0.3 is 0 Å². The van der Waals surface area contributed by atoms with E-state index in [1.54, 1.807) is 14.2 Å². The maximum absolute atomic E-state index is 5.95.